The van der Waals surface area contributed by atoms with E-state index in [1.54, 1.807) is 42.7 Å². The second-order valence-corrected chi connectivity index (χ2v) is 4.99. The number of hydrogen-bond acceptors (Lipinski definition) is 5. The minimum atomic E-state index is -0.303. The molecule has 1 aromatic carbocycles. The average Bonchev–Trinajstić information content (AvgIpc) is 2.60. The Morgan fingerprint density at radius 2 is 1.83 bits per heavy atom. The van der Waals surface area contributed by atoms with Gasteiger partial charge in [-0.25, -0.2) is 0 Å². The van der Waals surface area contributed by atoms with E-state index >= 15 is 0 Å². The topological polar surface area (TPSA) is 76.5 Å². The third-order valence-electron chi connectivity index (χ3n) is 3.16. The van der Waals surface area contributed by atoms with E-state index in [9.17, 15) is 14.7 Å². The van der Waals surface area contributed by atoms with Crippen LogP contribution in [0.1, 0.15) is 17.5 Å². The Labute approximate surface area is 139 Å². The van der Waals surface area contributed by atoms with Crippen LogP contribution in [0.3, 0.4) is 0 Å². The molecular formula is C19H17NO4. The SMILES string of the molecule is COc1cc(C=CC(=O)CC(=O)C=Cc2cccnc2)ccc1O. The number of nitrogens with zero attached hydrogens (tertiary/aromatic N) is 1. The second kappa shape index (κ2) is 8.43. The first kappa shape index (κ1) is 17.1. The van der Waals surface area contributed by atoms with Crippen LogP contribution in [0.25, 0.3) is 12.2 Å². The van der Waals surface area contributed by atoms with Gasteiger partial charge in [0.1, 0.15) is 0 Å². The molecule has 1 N–H and O–H groups in total. The summed E-state index contributed by atoms with van der Waals surface area (Å²) in [5.74, 6) is -0.239. The molecule has 0 aliphatic heterocycles. The number of phenols is 1. The molecular weight excluding hydrogens is 306 g/mol. The monoisotopic (exact) mass is 323 g/mol. The fraction of sp³-hybridized carbons (Fsp3) is 0.105. The lowest BCUT2D eigenvalue weighted by atomic mass is 10.1. The highest BCUT2D eigenvalue weighted by Crippen LogP contribution is 2.26. The molecule has 2 rings (SSSR count). The normalized spacial score (nSPS) is 11.0. The van der Waals surface area contributed by atoms with E-state index in [1.807, 2.05) is 6.07 Å². The summed E-state index contributed by atoms with van der Waals surface area (Å²) in [6.07, 6.45) is 8.96. The summed E-state index contributed by atoms with van der Waals surface area (Å²) in [5.41, 5.74) is 1.49. The molecule has 0 bridgehead atoms. The number of allylic oxidation sites excluding steroid dienone is 2. The minimum absolute atomic E-state index is 0.0247. The summed E-state index contributed by atoms with van der Waals surface area (Å²) < 4.78 is 4.99. The molecule has 2 aromatic rings. The molecule has 0 fully saturated rings. The number of ether oxygens (including phenoxy) is 1. The number of ketones is 2. The van der Waals surface area contributed by atoms with Gasteiger partial charge in [-0.15, -0.1) is 0 Å². The van der Waals surface area contributed by atoms with Crippen molar-refractivity contribution >= 4 is 23.7 Å². The standard InChI is InChI=1S/C19H17NO4/c1-24-19-11-14(6-9-18(19)23)4-7-16(21)12-17(22)8-5-15-3-2-10-20-13-15/h2-11,13,23H,12H2,1H3. The number of carbonyl (C=O) groups excluding carboxylic acids is 2. The molecule has 0 aliphatic rings. The van der Waals surface area contributed by atoms with Gasteiger partial charge in [0.2, 0.25) is 0 Å². The number of aromatic hydroxyl groups is 1. The van der Waals surface area contributed by atoms with Crippen molar-refractivity contribution in [3.8, 4) is 11.5 Å². The molecule has 24 heavy (non-hydrogen) atoms. The molecule has 122 valence electrons. The average molecular weight is 323 g/mol. The van der Waals surface area contributed by atoms with Crippen LogP contribution in [0.5, 0.6) is 11.5 Å². The van der Waals surface area contributed by atoms with E-state index in [0.717, 1.165) is 5.56 Å². The fourth-order valence-electron chi connectivity index (χ4n) is 1.94. The highest BCUT2D eigenvalue weighted by Gasteiger charge is 2.04. The van der Waals surface area contributed by atoms with Crippen molar-refractivity contribution in [1.29, 1.82) is 0 Å². The maximum Gasteiger partial charge on any atom is 0.163 e. The predicted molar refractivity (Wildman–Crippen MR) is 91.6 cm³/mol. The number of aromatic nitrogens is 1. The molecule has 0 saturated carbocycles. The predicted octanol–water partition coefficient (Wildman–Crippen LogP) is 3.05. The summed E-state index contributed by atoms with van der Waals surface area (Å²) in [6.45, 7) is 0. The maximum absolute atomic E-state index is 11.8. The molecule has 1 heterocycles. The molecule has 5 nitrogen and oxygen atoms in total. The number of hydrogen-bond donors (Lipinski definition) is 1. The summed E-state index contributed by atoms with van der Waals surface area (Å²) in [6, 6.07) is 8.31. The first-order valence-electron chi connectivity index (χ1n) is 7.27. The van der Waals surface area contributed by atoms with Crippen molar-refractivity contribution in [2.75, 3.05) is 7.11 Å². The van der Waals surface area contributed by atoms with Crippen molar-refractivity contribution in [3.05, 3.63) is 66.0 Å². The zero-order valence-corrected chi connectivity index (χ0v) is 13.2. The maximum atomic E-state index is 11.8. The van der Waals surface area contributed by atoms with Crippen LogP contribution in [0.2, 0.25) is 0 Å². The third-order valence-corrected chi connectivity index (χ3v) is 3.16. The minimum Gasteiger partial charge on any atom is -0.504 e. The Balaban J connectivity index is 1.92. The lowest BCUT2D eigenvalue weighted by molar-refractivity contribution is -0.121. The van der Waals surface area contributed by atoms with Gasteiger partial charge < -0.3 is 9.84 Å². The smallest absolute Gasteiger partial charge is 0.163 e. The Bertz CT molecular complexity index is 779. The number of phenolic OH excluding ortho intramolecular Hbond substituents is 1. The Morgan fingerprint density at radius 3 is 2.46 bits per heavy atom. The van der Waals surface area contributed by atoms with Crippen LogP contribution in [0, 0.1) is 0 Å². The zero-order valence-electron chi connectivity index (χ0n) is 13.2. The van der Waals surface area contributed by atoms with Crippen molar-refractivity contribution in [2.24, 2.45) is 0 Å². The Morgan fingerprint density at radius 1 is 1.12 bits per heavy atom. The summed E-state index contributed by atoms with van der Waals surface area (Å²) in [5, 5.41) is 9.51. The van der Waals surface area contributed by atoms with Gasteiger partial charge in [0.05, 0.1) is 13.5 Å². The van der Waals surface area contributed by atoms with Gasteiger partial charge in [0, 0.05) is 12.4 Å². The van der Waals surface area contributed by atoms with Crippen molar-refractivity contribution in [3.63, 3.8) is 0 Å². The summed E-state index contributed by atoms with van der Waals surface area (Å²) >= 11 is 0. The van der Waals surface area contributed by atoms with Gasteiger partial charge >= 0.3 is 0 Å². The van der Waals surface area contributed by atoms with E-state index in [-0.39, 0.29) is 23.7 Å². The largest absolute Gasteiger partial charge is 0.504 e. The van der Waals surface area contributed by atoms with E-state index in [2.05, 4.69) is 4.98 Å². The number of methoxy groups -OCH3 is 1. The quantitative estimate of drug-likeness (QED) is 0.626. The van der Waals surface area contributed by atoms with Crippen molar-refractivity contribution in [1.82, 2.24) is 4.98 Å². The number of rotatable bonds is 7. The molecule has 0 saturated heterocycles. The molecule has 0 amide bonds. The fourth-order valence-corrected chi connectivity index (χ4v) is 1.94. The van der Waals surface area contributed by atoms with Crippen LogP contribution in [0.4, 0.5) is 0 Å². The van der Waals surface area contributed by atoms with E-state index in [4.69, 9.17) is 4.74 Å². The number of pyridine rings is 1. The van der Waals surface area contributed by atoms with Gasteiger partial charge in [0.15, 0.2) is 23.1 Å². The first-order chi connectivity index (χ1) is 11.6. The molecule has 0 spiro atoms. The van der Waals surface area contributed by atoms with Gasteiger partial charge in [0.25, 0.3) is 0 Å². The Hall–Kier alpha value is -3.21. The van der Waals surface area contributed by atoms with Crippen LogP contribution >= 0.6 is 0 Å². The van der Waals surface area contributed by atoms with E-state index in [1.165, 1.54) is 25.3 Å². The van der Waals surface area contributed by atoms with Crippen molar-refractivity contribution < 1.29 is 19.4 Å². The molecule has 0 unspecified atom stereocenters. The molecule has 0 aliphatic carbocycles. The highest BCUT2D eigenvalue weighted by molar-refractivity contribution is 6.10. The third kappa shape index (κ3) is 5.21. The number of benzene rings is 1. The molecule has 0 atom stereocenters. The van der Waals surface area contributed by atoms with Gasteiger partial charge in [-0.3, -0.25) is 14.6 Å². The lowest BCUT2D eigenvalue weighted by Gasteiger charge is -2.03. The summed E-state index contributed by atoms with van der Waals surface area (Å²) in [7, 11) is 1.45. The lowest BCUT2D eigenvalue weighted by Crippen LogP contribution is -2.01. The van der Waals surface area contributed by atoms with Gasteiger partial charge in [-0.2, -0.15) is 0 Å². The molecule has 1 aromatic heterocycles. The Kier molecular flexibility index (Phi) is 6.02. The van der Waals surface area contributed by atoms with Crippen LogP contribution in [-0.2, 0) is 9.59 Å². The van der Waals surface area contributed by atoms with Crippen LogP contribution in [-0.4, -0.2) is 28.8 Å². The summed E-state index contributed by atoms with van der Waals surface area (Å²) in [4.78, 5) is 27.5. The first-order valence-corrected chi connectivity index (χ1v) is 7.27. The van der Waals surface area contributed by atoms with E-state index < -0.39 is 0 Å². The van der Waals surface area contributed by atoms with Crippen LogP contribution < -0.4 is 4.74 Å². The van der Waals surface area contributed by atoms with Crippen LogP contribution in [0.15, 0.2) is 54.9 Å². The van der Waals surface area contributed by atoms with Gasteiger partial charge in [-0.1, -0.05) is 18.2 Å². The van der Waals surface area contributed by atoms with Gasteiger partial charge in [-0.05, 0) is 47.6 Å². The van der Waals surface area contributed by atoms with E-state index in [0.29, 0.717) is 11.3 Å². The highest BCUT2D eigenvalue weighted by atomic mass is 16.5. The number of carbonyl (C=O) groups is 2. The molecule has 0 radical (unpaired) electrons. The molecule has 5 heteroatoms. The zero-order chi connectivity index (χ0) is 17.4. The second-order valence-electron chi connectivity index (χ2n) is 4.99. The van der Waals surface area contributed by atoms with Crippen molar-refractivity contribution in [2.45, 2.75) is 6.42 Å².